The number of piperazine rings is 1. The molecule has 2 aromatic rings. The predicted molar refractivity (Wildman–Crippen MR) is 94.1 cm³/mol. The minimum absolute atomic E-state index is 0.00642. The smallest absolute Gasteiger partial charge is 0.271 e. The van der Waals surface area contributed by atoms with E-state index < -0.39 is 0 Å². The first-order chi connectivity index (χ1) is 11.5. The zero-order valence-electron chi connectivity index (χ0n) is 14.4. The van der Waals surface area contributed by atoms with Crippen molar-refractivity contribution >= 4 is 5.91 Å². The van der Waals surface area contributed by atoms with Gasteiger partial charge in [-0.3, -0.25) is 9.59 Å². The standard InChI is InChI=1S/C19H23N3O2/c1-14-11-16(23)12-17(21(14)3)19(24)22-10-9-20(2)13-18(22)15-7-5-4-6-8-15/h4-8,11-12,18H,9-10,13H2,1-3H3/t18-/m1/s1. The van der Waals surface area contributed by atoms with Crippen LogP contribution in [0.2, 0.25) is 0 Å². The first kappa shape index (κ1) is 16.5. The van der Waals surface area contributed by atoms with Crippen LogP contribution in [0.1, 0.15) is 27.8 Å². The molecule has 1 aliphatic rings. The van der Waals surface area contributed by atoms with Gasteiger partial charge in [-0.05, 0) is 19.5 Å². The third kappa shape index (κ3) is 3.12. The van der Waals surface area contributed by atoms with Gasteiger partial charge in [0.05, 0.1) is 6.04 Å². The molecule has 1 saturated heterocycles. The fourth-order valence-electron chi connectivity index (χ4n) is 3.24. The number of carbonyl (C=O) groups is 1. The lowest BCUT2D eigenvalue weighted by Crippen LogP contribution is -2.49. The zero-order chi connectivity index (χ0) is 17.3. The maximum absolute atomic E-state index is 13.2. The van der Waals surface area contributed by atoms with Gasteiger partial charge < -0.3 is 14.4 Å². The lowest BCUT2D eigenvalue weighted by atomic mass is 10.0. The van der Waals surface area contributed by atoms with Crippen LogP contribution in [0, 0.1) is 6.92 Å². The van der Waals surface area contributed by atoms with E-state index >= 15 is 0 Å². The molecule has 0 unspecified atom stereocenters. The van der Waals surface area contributed by atoms with Gasteiger partial charge in [0.1, 0.15) is 5.69 Å². The molecule has 0 saturated carbocycles. The normalized spacial score (nSPS) is 18.6. The maximum Gasteiger partial charge on any atom is 0.271 e. The van der Waals surface area contributed by atoms with Crippen LogP contribution in [0.15, 0.2) is 47.3 Å². The highest BCUT2D eigenvalue weighted by molar-refractivity contribution is 5.93. The summed E-state index contributed by atoms with van der Waals surface area (Å²) < 4.78 is 1.80. The molecule has 24 heavy (non-hydrogen) atoms. The molecule has 0 spiro atoms. The largest absolute Gasteiger partial charge is 0.344 e. The Kier molecular flexibility index (Phi) is 4.53. The van der Waals surface area contributed by atoms with Crippen LogP contribution in [0.4, 0.5) is 0 Å². The third-order valence-electron chi connectivity index (χ3n) is 4.77. The van der Waals surface area contributed by atoms with Crippen LogP contribution in [0.3, 0.4) is 0 Å². The van der Waals surface area contributed by atoms with Gasteiger partial charge in [-0.25, -0.2) is 0 Å². The summed E-state index contributed by atoms with van der Waals surface area (Å²) in [5.41, 5.74) is 2.23. The number of hydrogen-bond donors (Lipinski definition) is 0. The number of aromatic nitrogens is 1. The van der Waals surface area contributed by atoms with Crippen molar-refractivity contribution in [2.45, 2.75) is 13.0 Å². The van der Waals surface area contributed by atoms with Crippen LogP contribution in [0.5, 0.6) is 0 Å². The number of nitrogens with zero attached hydrogens (tertiary/aromatic N) is 3. The van der Waals surface area contributed by atoms with Crippen molar-refractivity contribution in [3.05, 3.63) is 69.6 Å². The molecule has 0 radical (unpaired) electrons. The van der Waals surface area contributed by atoms with Gasteiger partial charge in [0.2, 0.25) is 0 Å². The Morgan fingerprint density at radius 1 is 1.08 bits per heavy atom. The van der Waals surface area contributed by atoms with Crippen LogP contribution < -0.4 is 5.43 Å². The van der Waals surface area contributed by atoms with E-state index in [4.69, 9.17) is 0 Å². The molecule has 0 aliphatic carbocycles. The Balaban J connectivity index is 1.99. The molecule has 0 bridgehead atoms. The average molecular weight is 325 g/mol. The summed E-state index contributed by atoms with van der Waals surface area (Å²) in [4.78, 5) is 29.2. The van der Waals surface area contributed by atoms with Crippen LogP contribution in [-0.2, 0) is 7.05 Å². The maximum atomic E-state index is 13.2. The van der Waals surface area contributed by atoms with Crippen molar-refractivity contribution in [2.24, 2.45) is 7.05 Å². The second-order valence-corrected chi connectivity index (χ2v) is 6.46. The van der Waals surface area contributed by atoms with E-state index in [2.05, 4.69) is 24.1 Å². The quantitative estimate of drug-likeness (QED) is 0.846. The molecule has 1 fully saturated rings. The highest BCUT2D eigenvalue weighted by Crippen LogP contribution is 2.26. The first-order valence-corrected chi connectivity index (χ1v) is 8.19. The number of hydrogen-bond acceptors (Lipinski definition) is 3. The Labute approximate surface area is 142 Å². The Hall–Kier alpha value is -2.40. The fourth-order valence-corrected chi connectivity index (χ4v) is 3.24. The lowest BCUT2D eigenvalue weighted by molar-refractivity contribution is 0.0487. The lowest BCUT2D eigenvalue weighted by Gasteiger charge is -2.40. The number of pyridine rings is 1. The van der Waals surface area contributed by atoms with E-state index in [1.807, 2.05) is 37.1 Å². The van der Waals surface area contributed by atoms with Gasteiger partial charge in [0.15, 0.2) is 5.43 Å². The molecule has 1 amide bonds. The first-order valence-electron chi connectivity index (χ1n) is 8.19. The summed E-state index contributed by atoms with van der Waals surface area (Å²) >= 11 is 0. The molecule has 3 rings (SSSR count). The SMILES string of the molecule is Cc1cc(=O)cc(C(=O)N2CCN(C)C[C@@H]2c2ccccc2)n1C. The van der Waals surface area contributed by atoms with Gasteiger partial charge >= 0.3 is 0 Å². The van der Waals surface area contributed by atoms with Gasteiger partial charge in [-0.1, -0.05) is 30.3 Å². The summed E-state index contributed by atoms with van der Waals surface area (Å²) in [6.07, 6.45) is 0. The second kappa shape index (κ2) is 6.61. The third-order valence-corrected chi connectivity index (χ3v) is 4.77. The molecule has 1 aromatic carbocycles. The second-order valence-electron chi connectivity index (χ2n) is 6.46. The molecule has 1 atom stereocenters. The molecular weight excluding hydrogens is 302 g/mol. The number of likely N-dealkylation sites (N-methyl/N-ethyl adjacent to an activating group) is 1. The van der Waals surface area contributed by atoms with Crippen molar-refractivity contribution < 1.29 is 4.79 Å². The molecule has 0 N–H and O–H groups in total. The predicted octanol–water partition coefficient (Wildman–Crippen LogP) is 1.82. The van der Waals surface area contributed by atoms with Crippen molar-refractivity contribution in [3.8, 4) is 0 Å². The van der Waals surface area contributed by atoms with E-state index in [1.165, 1.54) is 6.07 Å². The van der Waals surface area contributed by atoms with Crippen molar-refractivity contribution in [2.75, 3.05) is 26.7 Å². The van der Waals surface area contributed by atoms with Crippen LogP contribution in [-0.4, -0.2) is 47.0 Å². The summed E-state index contributed by atoms with van der Waals surface area (Å²) in [5, 5.41) is 0. The minimum atomic E-state index is -0.126. The Morgan fingerprint density at radius 2 is 1.79 bits per heavy atom. The molecule has 5 heteroatoms. The van der Waals surface area contributed by atoms with Crippen LogP contribution in [0.25, 0.3) is 0 Å². The topological polar surface area (TPSA) is 45.6 Å². The average Bonchev–Trinajstić information content (AvgIpc) is 2.58. The highest BCUT2D eigenvalue weighted by Gasteiger charge is 2.31. The summed E-state index contributed by atoms with van der Waals surface area (Å²) in [6, 6.07) is 13.1. The van der Waals surface area contributed by atoms with Gasteiger partial charge in [-0.15, -0.1) is 0 Å². The number of carbonyl (C=O) groups excluding carboxylic acids is 1. The number of amides is 1. The number of benzene rings is 1. The number of aryl methyl sites for hydroxylation is 1. The van der Waals surface area contributed by atoms with E-state index in [0.29, 0.717) is 12.2 Å². The molecule has 5 nitrogen and oxygen atoms in total. The van der Waals surface area contributed by atoms with Crippen molar-refractivity contribution in [1.29, 1.82) is 0 Å². The van der Waals surface area contributed by atoms with Crippen molar-refractivity contribution in [3.63, 3.8) is 0 Å². The molecule has 1 aromatic heterocycles. The summed E-state index contributed by atoms with van der Waals surface area (Å²) in [6.45, 7) is 4.11. The summed E-state index contributed by atoms with van der Waals surface area (Å²) in [5.74, 6) is -0.0831. The zero-order valence-corrected chi connectivity index (χ0v) is 14.4. The van der Waals surface area contributed by atoms with E-state index in [0.717, 1.165) is 24.3 Å². The molecule has 2 heterocycles. The molecular formula is C19H23N3O2. The van der Waals surface area contributed by atoms with E-state index in [1.54, 1.807) is 10.6 Å². The van der Waals surface area contributed by atoms with Gasteiger partial charge in [-0.2, -0.15) is 0 Å². The van der Waals surface area contributed by atoms with E-state index in [-0.39, 0.29) is 17.4 Å². The fraction of sp³-hybridized carbons (Fsp3) is 0.368. The monoisotopic (exact) mass is 325 g/mol. The van der Waals surface area contributed by atoms with Gasteiger partial charge in [0.25, 0.3) is 5.91 Å². The van der Waals surface area contributed by atoms with Gasteiger partial charge in [0, 0.05) is 44.5 Å². The highest BCUT2D eigenvalue weighted by atomic mass is 16.2. The summed E-state index contributed by atoms with van der Waals surface area (Å²) in [7, 11) is 3.90. The molecule has 126 valence electrons. The van der Waals surface area contributed by atoms with E-state index in [9.17, 15) is 9.59 Å². The van der Waals surface area contributed by atoms with Crippen LogP contribution >= 0.6 is 0 Å². The Bertz CT molecular complexity index is 798. The molecule has 1 aliphatic heterocycles. The Morgan fingerprint density at radius 3 is 2.50 bits per heavy atom. The van der Waals surface area contributed by atoms with Crippen molar-refractivity contribution in [1.82, 2.24) is 14.4 Å². The minimum Gasteiger partial charge on any atom is -0.344 e. The number of rotatable bonds is 2.